The molecule has 0 spiro atoms. The van der Waals surface area contributed by atoms with Gasteiger partial charge in [0, 0.05) is 0 Å². The predicted octanol–water partition coefficient (Wildman–Crippen LogP) is 2.83. The van der Waals surface area contributed by atoms with E-state index in [1.54, 1.807) is 0 Å². The smallest absolute Gasteiger partial charge is 0.459 e. The second-order valence-electron chi connectivity index (χ2n) is 3.25. The van der Waals surface area contributed by atoms with Gasteiger partial charge in [0.1, 0.15) is 11.6 Å². The van der Waals surface area contributed by atoms with Gasteiger partial charge in [-0.1, -0.05) is 6.58 Å². The zero-order chi connectivity index (χ0) is 15.5. The van der Waals surface area contributed by atoms with E-state index >= 15 is 0 Å². The van der Waals surface area contributed by atoms with Crippen molar-refractivity contribution in [2.45, 2.75) is 24.4 Å². The monoisotopic (exact) mass is 293 g/mol. The summed E-state index contributed by atoms with van der Waals surface area (Å²) in [7, 11) is 0. The van der Waals surface area contributed by atoms with E-state index in [1.807, 2.05) is 0 Å². The van der Waals surface area contributed by atoms with Gasteiger partial charge in [0.05, 0.1) is 13.0 Å². The molecule has 0 aliphatic rings. The highest BCUT2D eigenvalue weighted by molar-refractivity contribution is 5.91. The van der Waals surface area contributed by atoms with Crippen molar-refractivity contribution in [2.24, 2.45) is 0 Å². The fourth-order valence-corrected chi connectivity index (χ4v) is 0.769. The number of halogens is 7. The Hall–Kier alpha value is -1.79. The molecule has 108 valence electrons. The Morgan fingerprint density at radius 2 is 1.63 bits per heavy atom. The Kier molecular flexibility index (Phi) is 4.94. The molecule has 0 N–H and O–H groups in total. The summed E-state index contributed by atoms with van der Waals surface area (Å²) in [5.74, 6) is -13.2. The lowest BCUT2D eigenvalue weighted by Crippen LogP contribution is -2.52. The quantitative estimate of drug-likeness (QED) is 0.339. The lowest BCUT2D eigenvalue weighted by Gasteiger charge is -2.27. The summed E-state index contributed by atoms with van der Waals surface area (Å²) in [6.07, 6.45) is -8.49. The van der Waals surface area contributed by atoms with Gasteiger partial charge in [0.25, 0.3) is 0 Å². The van der Waals surface area contributed by atoms with Crippen LogP contribution in [0.5, 0.6) is 0 Å². The van der Waals surface area contributed by atoms with Crippen LogP contribution in [0.2, 0.25) is 0 Å². The third kappa shape index (κ3) is 3.84. The van der Waals surface area contributed by atoms with Crippen molar-refractivity contribution >= 4 is 5.97 Å². The van der Waals surface area contributed by atoms with Gasteiger partial charge >= 0.3 is 24.0 Å². The molecule has 0 aliphatic heterocycles. The van der Waals surface area contributed by atoms with E-state index in [-0.39, 0.29) is 0 Å². The second kappa shape index (κ2) is 5.46. The van der Waals surface area contributed by atoms with Crippen LogP contribution in [-0.2, 0) is 9.53 Å². The van der Waals surface area contributed by atoms with Crippen LogP contribution in [-0.4, -0.2) is 30.6 Å². The molecule has 0 fully saturated rings. The van der Waals surface area contributed by atoms with Crippen molar-refractivity contribution in [1.82, 2.24) is 0 Å². The fourth-order valence-electron chi connectivity index (χ4n) is 0.769. The van der Waals surface area contributed by atoms with Crippen LogP contribution in [0.15, 0.2) is 12.2 Å². The summed E-state index contributed by atoms with van der Waals surface area (Å²) >= 11 is 0. The van der Waals surface area contributed by atoms with Crippen LogP contribution in [0.25, 0.3) is 0 Å². The molecule has 0 aliphatic carbocycles. The Labute approximate surface area is 102 Å². The molecular weight excluding hydrogens is 287 g/mol. The van der Waals surface area contributed by atoms with Gasteiger partial charge in [-0.3, -0.25) is 0 Å². The first kappa shape index (κ1) is 17.2. The zero-order valence-corrected chi connectivity index (χ0v) is 9.03. The van der Waals surface area contributed by atoms with Gasteiger partial charge < -0.3 is 4.74 Å². The van der Waals surface area contributed by atoms with Gasteiger partial charge in [0.15, 0.2) is 0 Å². The van der Waals surface area contributed by atoms with Crippen molar-refractivity contribution in [3.8, 4) is 6.07 Å². The van der Waals surface area contributed by atoms with Crippen molar-refractivity contribution < 1.29 is 40.3 Å². The number of ether oxygens (including phenoxy) is 1. The lowest BCUT2D eigenvalue weighted by atomic mass is 10.1. The van der Waals surface area contributed by atoms with Crippen molar-refractivity contribution in [3.63, 3.8) is 0 Å². The molecule has 0 bridgehead atoms. The highest BCUT2D eigenvalue weighted by atomic mass is 19.4. The average molecular weight is 293 g/mol. The standard InChI is InChI=1S/C9H6F7NO2/c1-5(4-17)6(18)19-3-2-7(10,11)8(12,13)9(14,15)16/h1-3H2. The number of alkyl halides is 7. The summed E-state index contributed by atoms with van der Waals surface area (Å²) in [6.45, 7) is 1.41. The Morgan fingerprint density at radius 1 is 1.16 bits per heavy atom. The van der Waals surface area contributed by atoms with E-state index in [9.17, 15) is 35.5 Å². The molecule has 0 saturated carbocycles. The number of hydrogen-bond donors (Lipinski definition) is 0. The SMILES string of the molecule is C=C(C#N)C(=O)OCCC(F)(F)C(F)(F)C(F)(F)F. The fraction of sp³-hybridized carbons (Fsp3) is 0.556. The van der Waals surface area contributed by atoms with E-state index in [0.29, 0.717) is 0 Å². The molecule has 0 radical (unpaired) electrons. The summed E-state index contributed by atoms with van der Waals surface area (Å²) in [5, 5.41) is 8.13. The summed E-state index contributed by atoms with van der Waals surface area (Å²) in [5.41, 5.74) is -0.800. The number of carbonyl (C=O) groups is 1. The Morgan fingerprint density at radius 3 is 2.00 bits per heavy atom. The molecule has 10 heteroatoms. The molecule has 0 heterocycles. The van der Waals surface area contributed by atoms with Gasteiger partial charge in [0.2, 0.25) is 0 Å². The minimum atomic E-state index is -6.43. The summed E-state index contributed by atoms with van der Waals surface area (Å²) in [6, 6.07) is 1.18. The van der Waals surface area contributed by atoms with Gasteiger partial charge in [-0.25, -0.2) is 4.79 Å². The van der Waals surface area contributed by atoms with Gasteiger partial charge in [-0.15, -0.1) is 0 Å². The summed E-state index contributed by atoms with van der Waals surface area (Å²) < 4.78 is 89.1. The molecule has 0 aromatic carbocycles. The minimum absolute atomic E-state index is 0.800. The van der Waals surface area contributed by atoms with Crippen LogP contribution in [0.4, 0.5) is 30.7 Å². The molecule has 0 amide bonds. The van der Waals surface area contributed by atoms with E-state index < -0.39 is 42.6 Å². The maximum atomic E-state index is 12.7. The van der Waals surface area contributed by atoms with E-state index in [1.165, 1.54) is 6.07 Å². The number of esters is 1. The summed E-state index contributed by atoms with van der Waals surface area (Å²) in [4.78, 5) is 10.7. The molecule has 0 aromatic rings. The Balaban J connectivity index is 4.62. The van der Waals surface area contributed by atoms with Crippen LogP contribution in [0.1, 0.15) is 6.42 Å². The first-order valence-electron chi connectivity index (χ1n) is 4.45. The van der Waals surface area contributed by atoms with E-state index in [2.05, 4.69) is 11.3 Å². The van der Waals surface area contributed by atoms with Crippen molar-refractivity contribution in [1.29, 1.82) is 5.26 Å². The zero-order valence-electron chi connectivity index (χ0n) is 9.03. The maximum absolute atomic E-state index is 12.7. The lowest BCUT2D eigenvalue weighted by molar-refractivity contribution is -0.356. The third-order valence-electron chi connectivity index (χ3n) is 1.85. The molecule has 3 nitrogen and oxygen atoms in total. The maximum Gasteiger partial charge on any atom is 0.459 e. The molecule has 19 heavy (non-hydrogen) atoms. The van der Waals surface area contributed by atoms with E-state index in [4.69, 9.17) is 5.26 Å². The van der Waals surface area contributed by atoms with Crippen LogP contribution in [0, 0.1) is 11.3 Å². The molecule has 0 unspecified atom stereocenters. The largest absolute Gasteiger partial charge is 0.461 e. The first-order chi connectivity index (χ1) is 8.37. The number of nitriles is 1. The number of rotatable bonds is 5. The highest BCUT2D eigenvalue weighted by Crippen LogP contribution is 2.47. The molecular formula is C9H6F7NO2. The van der Waals surface area contributed by atoms with Crippen LogP contribution >= 0.6 is 0 Å². The highest BCUT2D eigenvalue weighted by Gasteiger charge is 2.72. The van der Waals surface area contributed by atoms with Crippen molar-refractivity contribution in [2.75, 3.05) is 6.61 Å². The minimum Gasteiger partial charge on any atom is -0.461 e. The second-order valence-corrected chi connectivity index (χ2v) is 3.25. The van der Waals surface area contributed by atoms with Crippen LogP contribution < -0.4 is 0 Å². The van der Waals surface area contributed by atoms with Crippen LogP contribution in [0.3, 0.4) is 0 Å². The van der Waals surface area contributed by atoms with Crippen molar-refractivity contribution in [3.05, 3.63) is 12.2 Å². The molecule has 0 rings (SSSR count). The first-order valence-corrected chi connectivity index (χ1v) is 4.45. The molecule has 0 aromatic heterocycles. The number of hydrogen-bond acceptors (Lipinski definition) is 3. The normalized spacial score (nSPS) is 12.7. The average Bonchev–Trinajstić information content (AvgIpc) is 2.25. The predicted molar refractivity (Wildman–Crippen MR) is 46.3 cm³/mol. The number of carbonyl (C=O) groups excluding carboxylic acids is 1. The molecule has 0 atom stereocenters. The van der Waals surface area contributed by atoms with Gasteiger partial charge in [-0.2, -0.15) is 36.0 Å². The molecule has 0 saturated heterocycles. The topological polar surface area (TPSA) is 50.1 Å². The number of nitrogens with zero attached hydrogens (tertiary/aromatic N) is 1. The van der Waals surface area contributed by atoms with Gasteiger partial charge in [-0.05, 0) is 0 Å². The Bertz CT molecular complexity index is 408. The third-order valence-corrected chi connectivity index (χ3v) is 1.85. The van der Waals surface area contributed by atoms with E-state index in [0.717, 1.165) is 0 Å².